The zero-order valence-corrected chi connectivity index (χ0v) is 9.85. The molecule has 0 aliphatic heterocycles. The van der Waals surface area contributed by atoms with Gasteiger partial charge in [0, 0.05) is 6.42 Å². The van der Waals surface area contributed by atoms with Gasteiger partial charge in [-0.2, -0.15) is 10.1 Å². The first-order valence-corrected chi connectivity index (χ1v) is 5.78. The van der Waals surface area contributed by atoms with Gasteiger partial charge in [0.1, 0.15) is 0 Å². The molecule has 86 valence electrons. The SMILES string of the molecule is CC1CCC(C#N)(Cc2nnn(C)n2)CC1. The topological polar surface area (TPSA) is 67.4 Å². The lowest BCUT2D eigenvalue weighted by atomic mass is 9.70. The summed E-state index contributed by atoms with van der Waals surface area (Å²) in [5.41, 5.74) is -0.254. The molecule has 0 bridgehead atoms. The van der Waals surface area contributed by atoms with E-state index in [1.54, 1.807) is 7.05 Å². The van der Waals surface area contributed by atoms with E-state index in [0.29, 0.717) is 12.2 Å². The normalized spacial score (nSPS) is 29.9. The van der Waals surface area contributed by atoms with Crippen molar-refractivity contribution in [1.29, 1.82) is 5.26 Å². The van der Waals surface area contributed by atoms with Gasteiger partial charge in [0.15, 0.2) is 5.82 Å². The van der Waals surface area contributed by atoms with Crippen molar-refractivity contribution in [3.05, 3.63) is 5.82 Å². The van der Waals surface area contributed by atoms with Crippen molar-refractivity contribution in [2.75, 3.05) is 0 Å². The molecule has 1 aliphatic carbocycles. The van der Waals surface area contributed by atoms with Crippen molar-refractivity contribution < 1.29 is 0 Å². The standard InChI is InChI=1S/C11H17N5/c1-9-3-5-11(8-12,6-4-9)7-10-13-15-16(2)14-10/h9H,3-7H2,1-2H3. The number of nitriles is 1. The van der Waals surface area contributed by atoms with Crippen molar-refractivity contribution in [2.45, 2.75) is 39.0 Å². The minimum atomic E-state index is -0.254. The zero-order valence-electron chi connectivity index (χ0n) is 9.85. The molecule has 0 unspecified atom stereocenters. The first-order valence-electron chi connectivity index (χ1n) is 5.78. The molecule has 0 atom stereocenters. The van der Waals surface area contributed by atoms with Gasteiger partial charge in [-0.1, -0.05) is 6.92 Å². The van der Waals surface area contributed by atoms with E-state index in [-0.39, 0.29) is 5.41 Å². The molecule has 1 heterocycles. The van der Waals surface area contributed by atoms with E-state index >= 15 is 0 Å². The number of rotatable bonds is 2. The summed E-state index contributed by atoms with van der Waals surface area (Å²) >= 11 is 0. The van der Waals surface area contributed by atoms with Crippen LogP contribution in [0.1, 0.15) is 38.4 Å². The quantitative estimate of drug-likeness (QED) is 0.755. The van der Waals surface area contributed by atoms with Gasteiger partial charge in [-0.15, -0.1) is 10.2 Å². The van der Waals surface area contributed by atoms with E-state index in [9.17, 15) is 5.26 Å². The Kier molecular flexibility index (Phi) is 2.90. The largest absolute Gasteiger partial charge is 0.198 e. The highest BCUT2D eigenvalue weighted by atomic mass is 15.6. The van der Waals surface area contributed by atoms with Gasteiger partial charge >= 0.3 is 0 Å². The molecule has 5 nitrogen and oxygen atoms in total. The Morgan fingerprint density at radius 1 is 1.50 bits per heavy atom. The van der Waals surface area contributed by atoms with Gasteiger partial charge in [-0.3, -0.25) is 0 Å². The molecular weight excluding hydrogens is 202 g/mol. The number of nitrogens with zero attached hydrogens (tertiary/aromatic N) is 5. The maximum absolute atomic E-state index is 9.36. The number of aryl methyl sites for hydroxylation is 1. The Morgan fingerprint density at radius 3 is 2.69 bits per heavy atom. The van der Waals surface area contributed by atoms with Crippen LogP contribution in [0, 0.1) is 22.7 Å². The number of hydrogen-bond acceptors (Lipinski definition) is 4. The van der Waals surface area contributed by atoms with E-state index in [4.69, 9.17) is 0 Å². The van der Waals surface area contributed by atoms with Crippen LogP contribution in [-0.2, 0) is 13.5 Å². The smallest absolute Gasteiger partial charge is 0.176 e. The minimum Gasteiger partial charge on any atom is -0.198 e. The molecule has 1 aliphatic rings. The Labute approximate surface area is 95.5 Å². The molecule has 2 rings (SSSR count). The van der Waals surface area contributed by atoms with Gasteiger partial charge in [-0.25, -0.2) is 0 Å². The van der Waals surface area contributed by atoms with Crippen LogP contribution in [0.25, 0.3) is 0 Å². The number of aromatic nitrogens is 4. The van der Waals surface area contributed by atoms with Gasteiger partial charge in [-0.05, 0) is 36.8 Å². The number of hydrogen-bond donors (Lipinski definition) is 0. The fourth-order valence-electron chi connectivity index (χ4n) is 2.34. The molecule has 0 saturated heterocycles. The van der Waals surface area contributed by atoms with Crippen LogP contribution < -0.4 is 0 Å². The highest BCUT2D eigenvalue weighted by Gasteiger charge is 2.35. The second-order valence-corrected chi connectivity index (χ2v) is 4.95. The molecule has 5 heteroatoms. The van der Waals surface area contributed by atoms with Crippen LogP contribution in [0.5, 0.6) is 0 Å². The lowest BCUT2D eigenvalue weighted by Gasteiger charge is -2.32. The molecule has 1 aromatic rings. The fraction of sp³-hybridized carbons (Fsp3) is 0.818. The first-order chi connectivity index (χ1) is 7.63. The summed E-state index contributed by atoms with van der Waals surface area (Å²) < 4.78 is 0. The monoisotopic (exact) mass is 219 g/mol. The fourth-order valence-corrected chi connectivity index (χ4v) is 2.34. The van der Waals surface area contributed by atoms with Crippen molar-refractivity contribution in [3.8, 4) is 6.07 Å². The summed E-state index contributed by atoms with van der Waals surface area (Å²) in [4.78, 5) is 1.45. The van der Waals surface area contributed by atoms with Crippen molar-refractivity contribution in [3.63, 3.8) is 0 Å². The summed E-state index contributed by atoms with van der Waals surface area (Å²) in [5.74, 6) is 1.44. The molecular formula is C11H17N5. The Morgan fingerprint density at radius 2 is 2.19 bits per heavy atom. The summed E-state index contributed by atoms with van der Waals surface area (Å²) in [7, 11) is 1.75. The highest BCUT2D eigenvalue weighted by Crippen LogP contribution is 2.40. The van der Waals surface area contributed by atoms with Crippen LogP contribution in [-0.4, -0.2) is 20.2 Å². The second kappa shape index (κ2) is 4.20. The lowest BCUT2D eigenvalue weighted by Crippen LogP contribution is -2.28. The average Bonchev–Trinajstić information content (AvgIpc) is 2.68. The van der Waals surface area contributed by atoms with E-state index in [2.05, 4.69) is 28.4 Å². The van der Waals surface area contributed by atoms with Crippen LogP contribution in [0.2, 0.25) is 0 Å². The maximum Gasteiger partial charge on any atom is 0.176 e. The molecule has 16 heavy (non-hydrogen) atoms. The average molecular weight is 219 g/mol. The molecule has 0 radical (unpaired) electrons. The minimum absolute atomic E-state index is 0.254. The van der Waals surface area contributed by atoms with E-state index in [1.165, 1.54) is 4.80 Å². The Hall–Kier alpha value is -1.44. The Bertz CT molecular complexity index is 395. The molecule has 1 saturated carbocycles. The predicted molar refractivity (Wildman–Crippen MR) is 58.2 cm³/mol. The van der Waals surface area contributed by atoms with E-state index < -0.39 is 0 Å². The maximum atomic E-state index is 9.36. The molecule has 0 aromatic carbocycles. The van der Waals surface area contributed by atoms with E-state index in [0.717, 1.165) is 31.6 Å². The van der Waals surface area contributed by atoms with Gasteiger partial charge in [0.2, 0.25) is 0 Å². The highest BCUT2D eigenvalue weighted by molar-refractivity contribution is 5.06. The van der Waals surface area contributed by atoms with Gasteiger partial charge < -0.3 is 0 Å². The van der Waals surface area contributed by atoms with Crippen molar-refractivity contribution in [2.24, 2.45) is 18.4 Å². The van der Waals surface area contributed by atoms with Crippen molar-refractivity contribution in [1.82, 2.24) is 20.2 Å². The zero-order chi connectivity index (χ0) is 11.6. The van der Waals surface area contributed by atoms with E-state index in [1.807, 2.05) is 0 Å². The van der Waals surface area contributed by atoms with Crippen LogP contribution in [0.4, 0.5) is 0 Å². The van der Waals surface area contributed by atoms with Gasteiger partial charge in [0.25, 0.3) is 0 Å². The summed E-state index contributed by atoms with van der Waals surface area (Å²) in [5, 5.41) is 21.3. The lowest BCUT2D eigenvalue weighted by molar-refractivity contribution is 0.215. The second-order valence-electron chi connectivity index (χ2n) is 4.95. The van der Waals surface area contributed by atoms with Gasteiger partial charge in [0.05, 0.1) is 18.5 Å². The van der Waals surface area contributed by atoms with Crippen LogP contribution in [0.15, 0.2) is 0 Å². The Balaban J connectivity index is 2.08. The first kappa shape index (κ1) is 11.1. The summed E-state index contributed by atoms with van der Waals surface area (Å²) in [6, 6.07) is 2.48. The third-order valence-electron chi connectivity index (χ3n) is 3.51. The molecule has 1 fully saturated rings. The number of tetrazole rings is 1. The predicted octanol–water partition coefficient (Wildman–Crippen LogP) is 1.47. The van der Waals surface area contributed by atoms with Crippen LogP contribution >= 0.6 is 0 Å². The molecule has 0 spiro atoms. The molecule has 0 amide bonds. The molecule has 1 aromatic heterocycles. The van der Waals surface area contributed by atoms with Crippen molar-refractivity contribution >= 4 is 0 Å². The van der Waals surface area contributed by atoms with Crippen LogP contribution in [0.3, 0.4) is 0 Å². The third-order valence-corrected chi connectivity index (χ3v) is 3.51. The third kappa shape index (κ3) is 2.21. The summed E-state index contributed by atoms with van der Waals surface area (Å²) in [6.07, 6.45) is 4.83. The molecule has 0 N–H and O–H groups in total. The summed E-state index contributed by atoms with van der Waals surface area (Å²) in [6.45, 7) is 2.25.